The molecule has 0 aliphatic carbocycles. The predicted molar refractivity (Wildman–Crippen MR) is 53.6 cm³/mol. The Morgan fingerprint density at radius 3 is 3.07 bits per heavy atom. The second-order valence-corrected chi connectivity index (χ2v) is 3.13. The lowest BCUT2D eigenvalue weighted by Gasteiger charge is -2.10. The number of fused-ring (bicyclic) bond motifs is 1. The molecule has 0 saturated carbocycles. The van der Waals surface area contributed by atoms with Gasteiger partial charge in [0.25, 0.3) is 5.91 Å². The van der Waals surface area contributed by atoms with Gasteiger partial charge in [-0.1, -0.05) is 12.1 Å². The van der Waals surface area contributed by atoms with Crippen molar-refractivity contribution in [3.63, 3.8) is 0 Å². The van der Waals surface area contributed by atoms with Gasteiger partial charge in [0, 0.05) is 0 Å². The Morgan fingerprint density at radius 1 is 1.47 bits per heavy atom. The minimum Gasteiger partial charge on any atom is -0.489 e. The summed E-state index contributed by atoms with van der Waals surface area (Å²) >= 11 is 0. The van der Waals surface area contributed by atoms with Crippen LogP contribution in [0.2, 0.25) is 0 Å². The Kier molecular flexibility index (Phi) is 2.53. The number of nitrogens with one attached hydrogen (secondary N) is 2. The second-order valence-electron chi connectivity index (χ2n) is 3.13. The van der Waals surface area contributed by atoms with Crippen molar-refractivity contribution in [3.05, 3.63) is 24.3 Å². The van der Waals surface area contributed by atoms with Crippen molar-refractivity contribution in [2.75, 3.05) is 11.9 Å². The molecule has 0 aromatic heterocycles. The van der Waals surface area contributed by atoms with Gasteiger partial charge in [-0.2, -0.15) is 0 Å². The van der Waals surface area contributed by atoms with Crippen LogP contribution in [0.4, 0.5) is 5.69 Å². The summed E-state index contributed by atoms with van der Waals surface area (Å²) in [4.78, 5) is 21.8. The van der Waals surface area contributed by atoms with Gasteiger partial charge in [0.05, 0.1) is 5.69 Å². The van der Waals surface area contributed by atoms with Crippen LogP contribution >= 0.6 is 0 Å². The molecule has 0 bridgehead atoms. The molecule has 1 aromatic rings. The Bertz CT molecular complexity index is 392. The third kappa shape index (κ3) is 1.90. The molecule has 78 valence electrons. The number of ether oxygens (including phenoxy) is 1. The first kappa shape index (κ1) is 9.51. The summed E-state index contributed by atoms with van der Waals surface area (Å²) in [6.07, 6.45) is 0.490. The quantitative estimate of drug-likeness (QED) is 0.676. The number of carbonyl (C=O) groups excluding carboxylic acids is 2. The van der Waals surface area contributed by atoms with E-state index < -0.39 is 6.04 Å². The standard InChI is InChI=1S/C10H10N2O3/c13-6-11-8-5-15-9-4-2-1-3-7(9)12-10(8)14/h1-4,6,8H,5H2,(H,11,13)(H,12,14)/t8-/m0/s1. The first-order valence-corrected chi connectivity index (χ1v) is 4.53. The minimum absolute atomic E-state index is 0.140. The topological polar surface area (TPSA) is 67.4 Å². The number of anilines is 1. The summed E-state index contributed by atoms with van der Waals surface area (Å²) in [5.74, 6) is 0.341. The van der Waals surface area contributed by atoms with Gasteiger partial charge in [-0.3, -0.25) is 9.59 Å². The summed E-state index contributed by atoms with van der Waals surface area (Å²) in [5, 5.41) is 5.06. The third-order valence-corrected chi connectivity index (χ3v) is 2.14. The maximum Gasteiger partial charge on any atom is 0.250 e. The molecular weight excluding hydrogens is 196 g/mol. The minimum atomic E-state index is -0.644. The fraction of sp³-hybridized carbons (Fsp3) is 0.200. The van der Waals surface area contributed by atoms with Crippen molar-refractivity contribution in [3.8, 4) is 5.75 Å². The van der Waals surface area contributed by atoms with Gasteiger partial charge >= 0.3 is 0 Å². The van der Waals surface area contributed by atoms with Crippen molar-refractivity contribution in [2.45, 2.75) is 6.04 Å². The number of hydrogen-bond donors (Lipinski definition) is 2. The Balaban J connectivity index is 2.22. The van der Waals surface area contributed by atoms with Crippen LogP contribution in [-0.4, -0.2) is 25.0 Å². The van der Waals surface area contributed by atoms with Crippen molar-refractivity contribution in [1.29, 1.82) is 0 Å². The normalized spacial score (nSPS) is 19.2. The fourth-order valence-electron chi connectivity index (χ4n) is 1.37. The zero-order valence-electron chi connectivity index (χ0n) is 7.90. The van der Waals surface area contributed by atoms with Crippen LogP contribution < -0.4 is 15.4 Å². The number of amides is 2. The summed E-state index contributed by atoms with van der Waals surface area (Å²) in [7, 11) is 0. The third-order valence-electron chi connectivity index (χ3n) is 2.14. The van der Waals surface area contributed by atoms with Crippen molar-refractivity contribution in [1.82, 2.24) is 5.32 Å². The molecule has 1 atom stereocenters. The van der Waals surface area contributed by atoms with Gasteiger partial charge in [-0.25, -0.2) is 0 Å². The zero-order chi connectivity index (χ0) is 10.7. The van der Waals surface area contributed by atoms with Gasteiger partial charge in [0.1, 0.15) is 18.4 Å². The van der Waals surface area contributed by atoms with Crippen LogP contribution in [0.5, 0.6) is 5.75 Å². The Morgan fingerprint density at radius 2 is 2.27 bits per heavy atom. The smallest absolute Gasteiger partial charge is 0.250 e. The molecule has 0 unspecified atom stereocenters. The average Bonchev–Trinajstić information content (AvgIpc) is 2.40. The number of rotatable bonds is 2. The summed E-state index contributed by atoms with van der Waals surface area (Å²) in [6, 6.07) is 6.49. The molecule has 0 fully saturated rings. The number of benzene rings is 1. The average molecular weight is 206 g/mol. The van der Waals surface area contributed by atoms with E-state index in [1.54, 1.807) is 18.2 Å². The highest BCUT2D eigenvalue weighted by atomic mass is 16.5. The summed E-state index contributed by atoms with van der Waals surface area (Å²) < 4.78 is 5.38. The molecule has 2 rings (SSSR count). The van der Waals surface area contributed by atoms with E-state index in [0.29, 0.717) is 17.8 Å². The summed E-state index contributed by atoms with van der Waals surface area (Å²) in [6.45, 7) is 0.140. The van der Waals surface area contributed by atoms with Crippen LogP contribution in [0.15, 0.2) is 24.3 Å². The predicted octanol–water partition coefficient (Wildman–Crippen LogP) is 0.132. The lowest BCUT2D eigenvalue weighted by molar-refractivity contribution is -0.121. The van der Waals surface area contributed by atoms with Gasteiger partial charge in [0.2, 0.25) is 6.41 Å². The van der Waals surface area contributed by atoms with E-state index in [9.17, 15) is 9.59 Å². The van der Waals surface area contributed by atoms with Crippen LogP contribution in [-0.2, 0) is 9.59 Å². The number of hydrogen-bond acceptors (Lipinski definition) is 3. The van der Waals surface area contributed by atoms with E-state index in [1.165, 1.54) is 0 Å². The number of para-hydroxylation sites is 2. The first-order valence-electron chi connectivity index (χ1n) is 4.53. The molecule has 1 aromatic carbocycles. The molecule has 1 heterocycles. The highest BCUT2D eigenvalue weighted by Crippen LogP contribution is 2.25. The molecule has 5 nitrogen and oxygen atoms in total. The van der Waals surface area contributed by atoms with Crippen LogP contribution in [0.1, 0.15) is 0 Å². The van der Waals surface area contributed by atoms with Crippen molar-refractivity contribution < 1.29 is 14.3 Å². The SMILES string of the molecule is O=CN[C@H]1COc2ccccc2NC1=O. The molecular formula is C10H10N2O3. The van der Waals surface area contributed by atoms with Crippen LogP contribution in [0.3, 0.4) is 0 Å². The van der Waals surface area contributed by atoms with Crippen LogP contribution in [0.25, 0.3) is 0 Å². The lowest BCUT2D eigenvalue weighted by Crippen LogP contribution is -2.42. The molecule has 15 heavy (non-hydrogen) atoms. The molecule has 1 aliphatic rings. The van der Waals surface area contributed by atoms with Crippen molar-refractivity contribution in [2.24, 2.45) is 0 Å². The lowest BCUT2D eigenvalue weighted by atomic mass is 10.3. The van der Waals surface area contributed by atoms with E-state index in [4.69, 9.17) is 4.74 Å². The number of carbonyl (C=O) groups is 2. The molecule has 5 heteroatoms. The highest BCUT2D eigenvalue weighted by Gasteiger charge is 2.23. The molecule has 1 aliphatic heterocycles. The van der Waals surface area contributed by atoms with E-state index in [1.807, 2.05) is 6.07 Å². The van der Waals surface area contributed by atoms with Crippen LogP contribution in [0, 0.1) is 0 Å². The second kappa shape index (κ2) is 4.00. The van der Waals surface area contributed by atoms with Gasteiger partial charge < -0.3 is 15.4 Å². The van der Waals surface area contributed by atoms with Gasteiger partial charge in [-0.15, -0.1) is 0 Å². The first-order chi connectivity index (χ1) is 7.31. The highest BCUT2D eigenvalue weighted by molar-refractivity contribution is 5.97. The monoisotopic (exact) mass is 206 g/mol. The molecule has 0 radical (unpaired) electrons. The molecule has 0 spiro atoms. The van der Waals surface area contributed by atoms with Crippen molar-refractivity contribution >= 4 is 18.0 Å². The molecule has 0 saturated heterocycles. The van der Waals surface area contributed by atoms with E-state index in [2.05, 4.69) is 10.6 Å². The molecule has 2 N–H and O–H groups in total. The Labute approximate surface area is 86.4 Å². The maximum absolute atomic E-state index is 11.6. The maximum atomic E-state index is 11.6. The van der Waals surface area contributed by atoms with E-state index in [-0.39, 0.29) is 12.5 Å². The Hall–Kier alpha value is -2.04. The van der Waals surface area contributed by atoms with Gasteiger partial charge in [-0.05, 0) is 12.1 Å². The van der Waals surface area contributed by atoms with E-state index >= 15 is 0 Å². The largest absolute Gasteiger partial charge is 0.489 e. The fourth-order valence-corrected chi connectivity index (χ4v) is 1.37. The van der Waals surface area contributed by atoms with E-state index in [0.717, 1.165) is 0 Å². The summed E-state index contributed by atoms with van der Waals surface area (Å²) in [5.41, 5.74) is 0.623. The van der Waals surface area contributed by atoms with Gasteiger partial charge in [0.15, 0.2) is 0 Å². The molecule has 2 amide bonds. The zero-order valence-corrected chi connectivity index (χ0v) is 7.90.